The molecule has 3 aromatic carbocycles. The van der Waals surface area contributed by atoms with Gasteiger partial charge in [0.25, 0.3) is 5.56 Å². The number of ether oxygens (including phenoxy) is 4. The predicted octanol–water partition coefficient (Wildman–Crippen LogP) is 5.25. The molecular weight excluding hydrogens is 552 g/mol. The maximum Gasteiger partial charge on any atom is 0.338 e. The molecule has 6 rings (SSSR count). The minimum Gasteiger partial charge on any atom is -0.490 e. The Hall–Kier alpha value is -4.37. The average Bonchev–Trinajstić information content (AvgIpc) is 3.57. The van der Waals surface area contributed by atoms with Crippen LogP contribution < -0.4 is 29.1 Å². The summed E-state index contributed by atoms with van der Waals surface area (Å²) >= 11 is 1.30. The monoisotopic (exact) mass is 584 g/mol. The fraction of sp³-hybridized carbons (Fsp3) is 0.303. The minimum atomic E-state index is -0.739. The van der Waals surface area contributed by atoms with Crippen molar-refractivity contribution >= 4 is 34.2 Å². The summed E-state index contributed by atoms with van der Waals surface area (Å²) in [4.78, 5) is 33.2. The molecule has 2 aliphatic heterocycles. The largest absolute Gasteiger partial charge is 0.490 e. The van der Waals surface area contributed by atoms with Crippen molar-refractivity contribution in [1.29, 1.82) is 0 Å². The van der Waals surface area contributed by atoms with Gasteiger partial charge in [0.2, 0.25) is 6.79 Å². The summed E-state index contributed by atoms with van der Waals surface area (Å²) in [5.41, 5.74) is 2.28. The van der Waals surface area contributed by atoms with E-state index in [9.17, 15) is 9.59 Å². The quantitative estimate of drug-likeness (QED) is 0.263. The van der Waals surface area contributed by atoms with Gasteiger partial charge < -0.3 is 18.9 Å². The Morgan fingerprint density at radius 1 is 1.12 bits per heavy atom. The molecule has 1 atom stereocenters. The smallest absolute Gasteiger partial charge is 0.338 e. The Balaban J connectivity index is 1.62. The lowest BCUT2D eigenvalue weighted by atomic mass is 9.94. The SMILES string of the molecule is CCCC1=C(C(=O)OCC)[C@@H](c2ccc3c(c2)OCO3)n2c(s/c(=C\c3c(OC(C)C)ccc4ccccc34)c2=O)=N1. The number of rotatable bonds is 8. The molecule has 0 amide bonds. The number of allylic oxidation sites excluding steroid dienone is 1. The summed E-state index contributed by atoms with van der Waals surface area (Å²) in [7, 11) is 0. The van der Waals surface area contributed by atoms with E-state index in [0.29, 0.717) is 49.8 Å². The van der Waals surface area contributed by atoms with Gasteiger partial charge in [0.05, 0.1) is 34.6 Å². The molecule has 216 valence electrons. The zero-order chi connectivity index (χ0) is 29.4. The van der Waals surface area contributed by atoms with Crippen molar-refractivity contribution in [2.75, 3.05) is 13.4 Å². The van der Waals surface area contributed by atoms with Crippen LogP contribution in [0, 0.1) is 0 Å². The molecule has 8 nitrogen and oxygen atoms in total. The topological polar surface area (TPSA) is 88.4 Å². The molecule has 0 spiro atoms. The number of esters is 1. The van der Waals surface area contributed by atoms with E-state index in [1.807, 2.05) is 75.4 Å². The van der Waals surface area contributed by atoms with Crippen LogP contribution >= 0.6 is 11.3 Å². The molecule has 4 aromatic rings. The van der Waals surface area contributed by atoms with Crippen LogP contribution in [0.15, 0.2) is 75.7 Å². The van der Waals surface area contributed by atoms with Crippen LogP contribution in [-0.2, 0) is 9.53 Å². The highest BCUT2D eigenvalue weighted by Gasteiger charge is 2.35. The second-order valence-electron chi connectivity index (χ2n) is 10.4. The average molecular weight is 585 g/mol. The molecule has 0 bridgehead atoms. The van der Waals surface area contributed by atoms with Gasteiger partial charge in [-0.3, -0.25) is 9.36 Å². The third kappa shape index (κ3) is 4.98. The molecule has 0 fully saturated rings. The minimum absolute atomic E-state index is 0.0470. The van der Waals surface area contributed by atoms with E-state index in [-0.39, 0.29) is 25.1 Å². The van der Waals surface area contributed by atoms with Crippen molar-refractivity contribution in [2.24, 2.45) is 4.99 Å². The normalized spacial score (nSPS) is 16.1. The van der Waals surface area contributed by atoms with Gasteiger partial charge in [-0.2, -0.15) is 0 Å². The van der Waals surface area contributed by atoms with Crippen LogP contribution in [0.2, 0.25) is 0 Å². The first-order valence-corrected chi connectivity index (χ1v) is 15.0. The van der Waals surface area contributed by atoms with Gasteiger partial charge in [0, 0.05) is 5.56 Å². The molecule has 0 aliphatic carbocycles. The number of hydrogen-bond donors (Lipinski definition) is 0. The van der Waals surface area contributed by atoms with Crippen molar-refractivity contribution < 1.29 is 23.7 Å². The number of hydrogen-bond acceptors (Lipinski definition) is 8. The second-order valence-corrected chi connectivity index (χ2v) is 11.4. The molecule has 0 saturated carbocycles. The fourth-order valence-corrected chi connectivity index (χ4v) is 6.43. The number of carbonyl (C=O) groups is 1. The van der Waals surface area contributed by atoms with E-state index in [0.717, 1.165) is 22.8 Å². The lowest BCUT2D eigenvalue weighted by Crippen LogP contribution is -2.40. The van der Waals surface area contributed by atoms with Gasteiger partial charge in [-0.25, -0.2) is 9.79 Å². The Kier molecular flexibility index (Phi) is 7.60. The number of aromatic nitrogens is 1. The number of thiazole rings is 1. The van der Waals surface area contributed by atoms with E-state index in [4.69, 9.17) is 23.9 Å². The van der Waals surface area contributed by atoms with E-state index < -0.39 is 12.0 Å². The number of fused-ring (bicyclic) bond motifs is 3. The van der Waals surface area contributed by atoms with Crippen LogP contribution in [0.3, 0.4) is 0 Å². The van der Waals surface area contributed by atoms with Crippen LogP contribution in [-0.4, -0.2) is 30.0 Å². The Labute approximate surface area is 247 Å². The molecule has 1 aromatic heterocycles. The van der Waals surface area contributed by atoms with Crippen molar-refractivity contribution in [2.45, 2.75) is 52.7 Å². The Morgan fingerprint density at radius 2 is 1.93 bits per heavy atom. The molecule has 0 N–H and O–H groups in total. The van der Waals surface area contributed by atoms with Crippen molar-refractivity contribution in [1.82, 2.24) is 4.57 Å². The van der Waals surface area contributed by atoms with Gasteiger partial charge in [-0.1, -0.05) is 61.1 Å². The summed E-state index contributed by atoms with van der Waals surface area (Å²) in [5.74, 6) is 1.40. The van der Waals surface area contributed by atoms with Gasteiger partial charge in [0.1, 0.15) is 5.75 Å². The van der Waals surface area contributed by atoms with Crippen LogP contribution in [0.4, 0.5) is 0 Å². The lowest BCUT2D eigenvalue weighted by molar-refractivity contribution is -0.139. The number of benzene rings is 3. The maximum absolute atomic E-state index is 14.3. The van der Waals surface area contributed by atoms with Gasteiger partial charge in [-0.15, -0.1) is 0 Å². The summed E-state index contributed by atoms with van der Waals surface area (Å²) in [6.45, 7) is 8.08. The molecule has 0 saturated heterocycles. The molecule has 9 heteroatoms. The highest BCUT2D eigenvalue weighted by atomic mass is 32.1. The summed E-state index contributed by atoms with van der Waals surface area (Å²) < 4.78 is 25.0. The van der Waals surface area contributed by atoms with Crippen LogP contribution in [0.25, 0.3) is 16.8 Å². The first-order chi connectivity index (χ1) is 20.4. The molecule has 3 heterocycles. The van der Waals surface area contributed by atoms with E-state index >= 15 is 0 Å². The zero-order valence-corrected chi connectivity index (χ0v) is 24.8. The summed E-state index contributed by atoms with van der Waals surface area (Å²) in [6.07, 6.45) is 3.18. The highest BCUT2D eigenvalue weighted by molar-refractivity contribution is 7.07. The van der Waals surface area contributed by atoms with Gasteiger partial charge >= 0.3 is 5.97 Å². The zero-order valence-electron chi connectivity index (χ0n) is 24.0. The lowest BCUT2D eigenvalue weighted by Gasteiger charge is -2.25. The molecule has 0 radical (unpaired) electrons. The predicted molar refractivity (Wildman–Crippen MR) is 162 cm³/mol. The van der Waals surface area contributed by atoms with E-state index in [1.165, 1.54) is 11.3 Å². The van der Waals surface area contributed by atoms with Gasteiger partial charge in [-0.05, 0) is 67.8 Å². The number of carbonyl (C=O) groups excluding carboxylic acids is 1. The molecule has 2 aliphatic rings. The van der Waals surface area contributed by atoms with Crippen LogP contribution in [0.1, 0.15) is 57.7 Å². The van der Waals surface area contributed by atoms with Crippen molar-refractivity contribution in [3.05, 3.63) is 96.7 Å². The molecule has 42 heavy (non-hydrogen) atoms. The number of nitrogens with zero attached hydrogens (tertiary/aromatic N) is 2. The van der Waals surface area contributed by atoms with Gasteiger partial charge in [0.15, 0.2) is 16.3 Å². The molecular formula is C33H32N2O6S. The van der Waals surface area contributed by atoms with Crippen molar-refractivity contribution in [3.63, 3.8) is 0 Å². The van der Waals surface area contributed by atoms with Crippen LogP contribution in [0.5, 0.6) is 17.2 Å². The third-order valence-electron chi connectivity index (χ3n) is 7.17. The maximum atomic E-state index is 14.3. The highest BCUT2D eigenvalue weighted by Crippen LogP contribution is 2.39. The van der Waals surface area contributed by atoms with E-state index in [2.05, 4.69) is 0 Å². The fourth-order valence-electron chi connectivity index (χ4n) is 5.43. The van der Waals surface area contributed by atoms with E-state index in [1.54, 1.807) is 17.6 Å². The first-order valence-electron chi connectivity index (χ1n) is 14.2. The standard InChI is InChI=1S/C33H32N2O6S/c1-5-9-24-29(32(37)38-6-2)30(21-13-15-26-27(16-21)40-18-39-26)35-31(36)28(42-33(35)34-24)17-23-22-11-8-7-10-20(22)12-14-25(23)41-19(3)4/h7-8,10-17,19,30H,5-6,9,18H2,1-4H3/b28-17-/t30-/m1/s1. The van der Waals surface area contributed by atoms with Crippen molar-refractivity contribution in [3.8, 4) is 17.2 Å². The Bertz CT molecular complexity index is 1900. The first kappa shape index (κ1) is 27.8. The Morgan fingerprint density at radius 3 is 2.71 bits per heavy atom. The third-order valence-corrected chi connectivity index (χ3v) is 8.16. The summed E-state index contributed by atoms with van der Waals surface area (Å²) in [5, 5.41) is 2.02. The summed E-state index contributed by atoms with van der Waals surface area (Å²) in [6, 6.07) is 16.8. The second kappa shape index (κ2) is 11.5. The molecule has 0 unspecified atom stereocenters.